The van der Waals surface area contributed by atoms with Crippen LogP contribution in [0.4, 0.5) is 0 Å². The Morgan fingerprint density at radius 3 is 2.00 bits per heavy atom. The van der Waals surface area contributed by atoms with Crippen molar-refractivity contribution < 1.29 is 0 Å². The summed E-state index contributed by atoms with van der Waals surface area (Å²) in [7, 11) is 0. The van der Waals surface area contributed by atoms with Crippen LogP contribution in [-0.4, -0.2) is 35.1 Å². The van der Waals surface area contributed by atoms with Crippen LogP contribution in [-0.2, 0) is 0 Å². The molecular formula is C12H26N2. The van der Waals surface area contributed by atoms with Crippen molar-refractivity contribution in [3.8, 4) is 0 Å². The van der Waals surface area contributed by atoms with Gasteiger partial charge in [-0.15, -0.1) is 0 Å². The zero-order chi connectivity index (χ0) is 11.0. The van der Waals surface area contributed by atoms with Gasteiger partial charge in [0.2, 0.25) is 0 Å². The van der Waals surface area contributed by atoms with Crippen molar-refractivity contribution in [1.82, 2.24) is 10.2 Å². The number of hydrogen-bond donors (Lipinski definition) is 1. The minimum absolute atomic E-state index is 0.249. The third-order valence-corrected chi connectivity index (χ3v) is 2.77. The van der Waals surface area contributed by atoms with Crippen LogP contribution in [0.25, 0.3) is 0 Å². The largest absolute Gasteiger partial charge is 0.308 e. The van der Waals surface area contributed by atoms with Crippen molar-refractivity contribution in [2.75, 3.05) is 13.1 Å². The first-order valence-corrected chi connectivity index (χ1v) is 5.71. The first-order chi connectivity index (χ1) is 6.18. The van der Waals surface area contributed by atoms with Gasteiger partial charge in [-0.05, 0) is 48.0 Å². The molecule has 0 bridgehead atoms. The minimum Gasteiger partial charge on any atom is -0.308 e. The van der Waals surface area contributed by atoms with E-state index in [2.05, 4.69) is 51.8 Å². The number of rotatable bonds is 1. The van der Waals surface area contributed by atoms with Crippen molar-refractivity contribution in [2.24, 2.45) is 0 Å². The second-order valence-electron chi connectivity index (χ2n) is 6.50. The maximum Gasteiger partial charge on any atom is 0.0212 e. The Kier molecular flexibility index (Phi) is 3.27. The summed E-state index contributed by atoms with van der Waals surface area (Å²) < 4.78 is 0. The van der Waals surface area contributed by atoms with Gasteiger partial charge in [0.25, 0.3) is 0 Å². The van der Waals surface area contributed by atoms with Crippen LogP contribution < -0.4 is 5.32 Å². The Bertz CT molecular complexity index is 185. The van der Waals surface area contributed by atoms with Gasteiger partial charge >= 0.3 is 0 Å². The molecule has 1 fully saturated rings. The summed E-state index contributed by atoms with van der Waals surface area (Å²) in [6.07, 6.45) is 1.29. The van der Waals surface area contributed by atoms with E-state index in [0.717, 1.165) is 0 Å². The van der Waals surface area contributed by atoms with Crippen LogP contribution in [0.15, 0.2) is 0 Å². The standard InChI is InChI=1S/C12H26N2/c1-11(2,3)13-10-7-8-14(9-10)12(4,5)6/h10,13H,7-9H2,1-6H3. The minimum atomic E-state index is 0.249. The van der Waals surface area contributed by atoms with Crippen molar-refractivity contribution in [1.29, 1.82) is 0 Å². The maximum absolute atomic E-state index is 3.68. The van der Waals surface area contributed by atoms with E-state index in [1.54, 1.807) is 0 Å². The van der Waals surface area contributed by atoms with E-state index >= 15 is 0 Å². The van der Waals surface area contributed by atoms with Crippen molar-refractivity contribution in [3.63, 3.8) is 0 Å². The Morgan fingerprint density at radius 1 is 1.07 bits per heavy atom. The summed E-state index contributed by atoms with van der Waals surface area (Å²) in [5.41, 5.74) is 0.576. The monoisotopic (exact) mass is 198 g/mol. The normalized spacial score (nSPS) is 25.7. The molecule has 0 saturated carbocycles. The molecule has 1 saturated heterocycles. The number of nitrogens with one attached hydrogen (secondary N) is 1. The molecule has 0 aromatic carbocycles. The average Bonchev–Trinajstić information content (AvgIpc) is 2.29. The van der Waals surface area contributed by atoms with Gasteiger partial charge in [-0.2, -0.15) is 0 Å². The maximum atomic E-state index is 3.68. The van der Waals surface area contributed by atoms with E-state index in [4.69, 9.17) is 0 Å². The van der Waals surface area contributed by atoms with E-state index < -0.39 is 0 Å². The van der Waals surface area contributed by atoms with Crippen LogP contribution in [0.1, 0.15) is 48.0 Å². The summed E-state index contributed by atoms with van der Waals surface area (Å²) in [6.45, 7) is 16.1. The number of likely N-dealkylation sites (tertiary alicyclic amines) is 1. The van der Waals surface area contributed by atoms with Crippen molar-refractivity contribution >= 4 is 0 Å². The zero-order valence-electron chi connectivity index (χ0n) is 10.6. The second-order valence-corrected chi connectivity index (χ2v) is 6.50. The van der Waals surface area contributed by atoms with Gasteiger partial charge < -0.3 is 5.32 Å². The lowest BCUT2D eigenvalue weighted by atomic mass is 10.1. The Morgan fingerprint density at radius 2 is 1.64 bits per heavy atom. The summed E-state index contributed by atoms with van der Waals surface area (Å²) in [5.74, 6) is 0. The highest BCUT2D eigenvalue weighted by molar-refractivity contribution is 4.90. The lowest BCUT2D eigenvalue weighted by molar-refractivity contribution is 0.168. The van der Waals surface area contributed by atoms with Gasteiger partial charge in [0.05, 0.1) is 0 Å². The molecule has 1 heterocycles. The van der Waals surface area contributed by atoms with Crippen LogP contribution in [0.5, 0.6) is 0 Å². The van der Waals surface area contributed by atoms with Gasteiger partial charge in [0.15, 0.2) is 0 Å². The molecule has 1 N–H and O–H groups in total. The molecule has 0 aromatic rings. The first-order valence-electron chi connectivity index (χ1n) is 5.71. The molecule has 1 atom stereocenters. The summed E-state index contributed by atoms with van der Waals surface area (Å²) in [4.78, 5) is 2.57. The molecule has 0 spiro atoms. The fourth-order valence-corrected chi connectivity index (χ4v) is 2.10. The van der Waals surface area contributed by atoms with Crippen LogP contribution >= 0.6 is 0 Å². The van der Waals surface area contributed by atoms with Crippen molar-refractivity contribution in [2.45, 2.75) is 65.1 Å². The smallest absolute Gasteiger partial charge is 0.0212 e. The van der Waals surface area contributed by atoms with E-state index in [1.807, 2.05) is 0 Å². The molecule has 1 rings (SSSR count). The second kappa shape index (κ2) is 3.82. The molecule has 84 valence electrons. The molecule has 14 heavy (non-hydrogen) atoms. The fraction of sp³-hybridized carbons (Fsp3) is 1.00. The molecule has 0 radical (unpaired) electrons. The van der Waals surface area contributed by atoms with E-state index in [0.29, 0.717) is 11.6 Å². The molecule has 1 aliphatic rings. The summed E-state index contributed by atoms with van der Waals surface area (Å²) in [6, 6.07) is 0.675. The molecule has 1 aliphatic heterocycles. The Hall–Kier alpha value is -0.0800. The number of nitrogens with zero attached hydrogens (tertiary/aromatic N) is 1. The van der Waals surface area contributed by atoms with Crippen LogP contribution in [0.2, 0.25) is 0 Å². The highest BCUT2D eigenvalue weighted by Crippen LogP contribution is 2.21. The van der Waals surface area contributed by atoms with Crippen LogP contribution in [0, 0.1) is 0 Å². The van der Waals surface area contributed by atoms with Gasteiger partial charge in [-0.3, -0.25) is 4.90 Å². The average molecular weight is 198 g/mol. The fourth-order valence-electron chi connectivity index (χ4n) is 2.10. The van der Waals surface area contributed by atoms with E-state index in [-0.39, 0.29) is 5.54 Å². The molecule has 2 heteroatoms. The first kappa shape index (κ1) is 12.0. The highest BCUT2D eigenvalue weighted by Gasteiger charge is 2.31. The topological polar surface area (TPSA) is 15.3 Å². The molecule has 0 aromatic heterocycles. The quantitative estimate of drug-likeness (QED) is 0.695. The molecule has 0 amide bonds. The molecule has 2 nitrogen and oxygen atoms in total. The summed E-state index contributed by atoms with van der Waals surface area (Å²) >= 11 is 0. The third-order valence-electron chi connectivity index (χ3n) is 2.77. The van der Waals surface area contributed by atoms with Gasteiger partial charge in [-0.25, -0.2) is 0 Å². The van der Waals surface area contributed by atoms with Gasteiger partial charge in [0.1, 0.15) is 0 Å². The lowest BCUT2D eigenvalue weighted by Gasteiger charge is -2.32. The van der Waals surface area contributed by atoms with E-state index in [9.17, 15) is 0 Å². The lowest BCUT2D eigenvalue weighted by Crippen LogP contribution is -2.47. The van der Waals surface area contributed by atoms with E-state index in [1.165, 1.54) is 19.5 Å². The number of hydrogen-bond acceptors (Lipinski definition) is 2. The third kappa shape index (κ3) is 3.58. The predicted molar refractivity (Wildman–Crippen MR) is 62.6 cm³/mol. The van der Waals surface area contributed by atoms with Gasteiger partial charge in [-0.1, -0.05) is 0 Å². The highest BCUT2D eigenvalue weighted by atomic mass is 15.2. The molecule has 1 unspecified atom stereocenters. The van der Waals surface area contributed by atoms with Crippen LogP contribution in [0.3, 0.4) is 0 Å². The summed E-state index contributed by atoms with van der Waals surface area (Å²) in [5, 5.41) is 3.68. The van der Waals surface area contributed by atoms with Crippen molar-refractivity contribution in [3.05, 3.63) is 0 Å². The zero-order valence-corrected chi connectivity index (χ0v) is 10.6. The van der Waals surface area contributed by atoms with Gasteiger partial charge in [0, 0.05) is 30.2 Å². The predicted octanol–water partition coefficient (Wildman–Crippen LogP) is 2.25. The molecule has 0 aliphatic carbocycles. The Balaban J connectivity index is 2.42. The molecular weight excluding hydrogens is 172 g/mol. The Labute approximate surface area is 89.1 Å². The SMILES string of the molecule is CC(C)(C)NC1CCN(C(C)(C)C)C1.